The molecule has 0 N–H and O–H groups in total. The van der Waals surface area contributed by atoms with Crippen molar-refractivity contribution in [2.24, 2.45) is 0 Å². The molecule has 84 valence electrons. The first-order valence-electron chi connectivity index (χ1n) is 4.99. The van der Waals surface area contributed by atoms with Crippen LogP contribution in [0.15, 0.2) is 24.3 Å². The molecular weight excluding hydrogens is 190 g/mol. The van der Waals surface area contributed by atoms with E-state index in [1.165, 1.54) is 5.56 Å². The van der Waals surface area contributed by atoms with E-state index in [9.17, 15) is 0 Å². The second-order valence-electron chi connectivity index (χ2n) is 3.76. The zero-order chi connectivity index (χ0) is 11.3. The Morgan fingerprint density at radius 1 is 1.13 bits per heavy atom. The maximum absolute atomic E-state index is 5.44. The summed E-state index contributed by atoms with van der Waals surface area (Å²) < 4.78 is 10.6. The van der Waals surface area contributed by atoms with E-state index in [0.29, 0.717) is 0 Å². The standard InChI is InChI=1S/C12H19NO2/c1-13(2)9-12(15-4)10-5-7-11(14-3)8-6-10/h5-8,12H,9H2,1-4H3. The lowest BCUT2D eigenvalue weighted by Gasteiger charge is -2.20. The van der Waals surface area contributed by atoms with E-state index in [1.807, 2.05) is 38.4 Å². The van der Waals surface area contributed by atoms with Crippen molar-refractivity contribution >= 4 is 0 Å². The highest BCUT2D eigenvalue weighted by Crippen LogP contribution is 2.20. The van der Waals surface area contributed by atoms with Gasteiger partial charge in [0.1, 0.15) is 5.75 Å². The van der Waals surface area contributed by atoms with Gasteiger partial charge in [-0.3, -0.25) is 0 Å². The molecule has 0 radical (unpaired) electrons. The Balaban J connectivity index is 2.74. The molecule has 1 rings (SSSR count). The van der Waals surface area contributed by atoms with Crippen molar-refractivity contribution in [1.82, 2.24) is 4.90 Å². The van der Waals surface area contributed by atoms with Crippen LogP contribution >= 0.6 is 0 Å². The van der Waals surface area contributed by atoms with Crippen LogP contribution in [0.5, 0.6) is 5.75 Å². The van der Waals surface area contributed by atoms with Gasteiger partial charge >= 0.3 is 0 Å². The molecule has 1 atom stereocenters. The summed E-state index contributed by atoms with van der Waals surface area (Å²) in [5.74, 6) is 0.874. The molecule has 0 aliphatic rings. The number of rotatable bonds is 5. The van der Waals surface area contributed by atoms with Crippen LogP contribution in [0.25, 0.3) is 0 Å². The van der Waals surface area contributed by atoms with Crippen LogP contribution in [0.3, 0.4) is 0 Å². The van der Waals surface area contributed by atoms with Gasteiger partial charge in [0.25, 0.3) is 0 Å². The molecule has 0 saturated carbocycles. The molecule has 0 saturated heterocycles. The van der Waals surface area contributed by atoms with E-state index < -0.39 is 0 Å². The summed E-state index contributed by atoms with van der Waals surface area (Å²) in [7, 11) is 7.48. The summed E-state index contributed by atoms with van der Waals surface area (Å²) in [5, 5.41) is 0. The zero-order valence-corrected chi connectivity index (χ0v) is 9.86. The lowest BCUT2D eigenvalue weighted by atomic mass is 10.1. The molecule has 0 aliphatic heterocycles. The van der Waals surface area contributed by atoms with Gasteiger partial charge in [0, 0.05) is 13.7 Å². The Kier molecular flexibility index (Phi) is 4.59. The Labute approximate surface area is 91.6 Å². The van der Waals surface area contributed by atoms with Crippen molar-refractivity contribution in [3.8, 4) is 5.75 Å². The fourth-order valence-electron chi connectivity index (χ4n) is 1.47. The van der Waals surface area contributed by atoms with E-state index in [0.717, 1.165) is 12.3 Å². The number of hydrogen-bond acceptors (Lipinski definition) is 3. The van der Waals surface area contributed by atoms with Gasteiger partial charge in [-0.15, -0.1) is 0 Å². The summed E-state index contributed by atoms with van der Waals surface area (Å²) >= 11 is 0. The van der Waals surface area contributed by atoms with Crippen molar-refractivity contribution in [2.45, 2.75) is 6.10 Å². The van der Waals surface area contributed by atoms with Crippen molar-refractivity contribution in [2.75, 3.05) is 34.9 Å². The number of methoxy groups -OCH3 is 2. The highest BCUT2D eigenvalue weighted by molar-refractivity contribution is 5.28. The van der Waals surface area contributed by atoms with Crippen LogP contribution in [0.1, 0.15) is 11.7 Å². The minimum Gasteiger partial charge on any atom is -0.497 e. The van der Waals surface area contributed by atoms with Crippen molar-refractivity contribution in [1.29, 1.82) is 0 Å². The van der Waals surface area contributed by atoms with Crippen molar-refractivity contribution in [3.63, 3.8) is 0 Å². The van der Waals surface area contributed by atoms with Crippen LogP contribution in [-0.4, -0.2) is 39.8 Å². The molecule has 0 fully saturated rings. The smallest absolute Gasteiger partial charge is 0.118 e. The monoisotopic (exact) mass is 209 g/mol. The van der Waals surface area contributed by atoms with Gasteiger partial charge in [0.2, 0.25) is 0 Å². The third kappa shape index (κ3) is 3.53. The molecule has 0 bridgehead atoms. The molecule has 3 heteroatoms. The first-order chi connectivity index (χ1) is 7.17. The van der Waals surface area contributed by atoms with Crippen LogP contribution < -0.4 is 4.74 Å². The molecular formula is C12H19NO2. The molecule has 1 unspecified atom stereocenters. The average Bonchev–Trinajstić information content (AvgIpc) is 2.26. The maximum Gasteiger partial charge on any atom is 0.118 e. The van der Waals surface area contributed by atoms with Gasteiger partial charge in [-0.1, -0.05) is 12.1 Å². The molecule has 3 nitrogen and oxygen atoms in total. The van der Waals surface area contributed by atoms with E-state index >= 15 is 0 Å². The highest BCUT2D eigenvalue weighted by atomic mass is 16.5. The van der Waals surface area contributed by atoms with Crippen LogP contribution in [0.2, 0.25) is 0 Å². The number of hydrogen-bond donors (Lipinski definition) is 0. The molecule has 1 aromatic rings. The van der Waals surface area contributed by atoms with Gasteiger partial charge in [0.15, 0.2) is 0 Å². The van der Waals surface area contributed by atoms with Gasteiger partial charge in [-0.05, 0) is 31.8 Å². The molecule has 0 aliphatic carbocycles. The second kappa shape index (κ2) is 5.73. The van der Waals surface area contributed by atoms with E-state index in [4.69, 9.17) is 9.47 Å². The first kappa shape index (κ1) is 12.0. The molecule has 15 heavy (non-hydrogen) atoms. The van der Waals surface area contributed by atoms with Gasteiger partial charge in [0.05, 0.1) is 13.2 Å². The fraction of sp³-hybridized carbons (Fsp3) is 0.500. The molecule has 0 heterocycles. The summed E-state index contributed by atoms with van der Waals surface area (Å²) in [4.78, 5) is 2.11. The summed E-state index contributed by atoms with van der Waals surface area (Å²) in [6, 6.07) is 7.99. The maximum atomic E-state index is 5.44. The lowest BCUT2D eigenvalue weighted by molar-refractivity contribution is 0.0784. The number of nitrogens with zero attached hydrogens (tertiary/aromatic N) is 1. The predicted molar refractivity (Wildman–Crippen MR) is 61.3 cm³/mol. The largest absolute Gasteiger partial charge is 0.497 e. The Morgan fingerprint density at radius 2 is 1.73 bits per heavy atom. The Hall–Kier alpha value is -1.06. The van der Waals surface area contributed by atoms with E-state index in [-0.39, 0.29) is 6.10 Å². The van der Waals surface area contributed by atoms with Crippen molar-refractivity contribution < 1.29 is 9.47 Å². The third-order valence-electron chi connectivity index (χ3n) is 2.30. The number of likely N-dealkylation sites (N-methyl/N-ethyl adjacent to an activating group) is 1. The normalized spacial score (nSPS) is 12.9. The van der Waals surface area contributed by atoms with Crippen LogP contribution in [-0.2, 0) is 4.74 Å². The van der Waals surface area contributed by atoms with Gasteiger partial charge in [-0.25, -0.2) is 0 Å². The summed E-state index contributed by atoms with van der Waals surface area (Å²) in [5.41, 5.74) is 1.17. The highest BCUT2D eigenvalue weighted by Gasteiger charge is 2.11. The van der Waals surface area contributed by atoms with E-state index in [1.54, 1.807) is 14.2 Å². The lowest BCUT2D eigenvalue weighted by Crippen LogP contribution is -2.21. The Morgan fingerprint density at radius 3 is 2.13 bits per heavy atom. The zero-order valence-electron chi connectivity index (χ0n) is 9.86. The van der Waals surface area contributed by atoms with Crippen molar-refractivity contribution in [3.05, 3.63) is 29.8 Å². The molecule has 0 spiro atoms. The van der Waals surface area contributed by atoms with Crippen LogP contribution in [0, 0.1) is 0 Å². The fourth-order valence-corrected chi connectivity index (χ4v) is 1.47. The van der Waals surface area contributed by atoms with Gasteiger partial charge in [-0.2, -0.15) is 0 Å². The second-order valence-corrected chi connectivity index (χ2v) is 3.76. The van der Waals surface area contributed by atoms with E-state index in [2.05, 4.69) is 4.90 Å². The molecule has 1 aromatic carbocycles. The Bertz CT molecular complexity index is 282. The number of benzene rings is 1. The SMILES string of the molecule is COc1ccc(C(CN(C)C)OC)cc1. The summed E-state index contributed by atoms with van der Waals surface area (Å²) in [6.45, 7) is 0.878. The predicted octanol–water partition coefficient (Wildman–Crippen LogP) is 1.94. The average molecular weight is 209 g/mol. The van der Waals surface area contributed by atoms with Gasteiger partial charge < -0.3 is 14.4 Å². The summed E-state index contributed by atoms with van der Waals surface area (Å²) in [6.07, 6.45) is 0.117. The minimum absolute atomic E-state index is 0.117. The third-order valence-corrected chi connectivity index (χ3v) is 2.30. The minimum atomic E-state index is 0.117. The molecule has 0 amide bonds. The molecule has 0 aromatic heterocycles. The quantitative estimate of drug-likeness (QED) is 0.739. The number of ether oxygens (including phenoxy) is 2. The topological polar surface area (TPSA) is 21.7 Å². The van der Waals surface area contributed by atoms with Crippen LogP contribution in [0.4, 0.5) is 0 Å². The first-order valence-corrected chi connectivity index (χ1v) is 4.99.